The van der Waals surface area contributed by atoms with Gasteiger partial charge in [-0.15, -0.1) is 0 Å². The summed E-state index contributed by atoms with van der Waals surface area (Å²) in [6, 6.07) is 1.63. The predicted octanol–water partition coefficient (Wildman–Crippen LogP) is -0.0211. The highest BCUT2D eigenvalue weighted by atomic mass is 32.2. The molecule has 0 fully saturated rings. The number of sulfonamides is 1. The molecule has 0 aliphatic heterocycles. The molecule has 5 nitrogen and oxygen atoms in total. The Morgan fingerprint density at radius 3 is 2.50 bits per heavy atom. The van der Waals surface area contributed by atoms with Crippen LogP contribution in [0.2, 0.25) is 0 Å². The molecule has 0 amide bonds. The fourth-order valence-electron chi connectivity index (χ4n) is 0.575. The molecule has 0 aromatic heterocycles. The van der Waals surface area contributed by atoms with Crippen LogP contribution < -0.4 is 4.72 Å². The second-order valence-corrected chi connectivity index (χ2v) is 5.57. The van der Waals surface area contributed by atoms with Gasteiger partial charge in [0.05, 0.1) is 11.7 Å². The molecular formula is C8H16N2O3S. The van der Waals surface area contributed by atoms with E-state index in [0.29, 0.717) is 6.42 Å². The maximum absolute atomic E-state index is 11.3. The molecule has 0 rings (SSSR count). The predicted molar refractivity (Wildman–Crippen MR) is 52.9 cm³/mol. The molecule has 0 bridgehead atoms. The molecule has 0 saturated heterocycles. The Morgan fingerprint density at radius 2 is 2.14 bits per heavy atom. The summed E-state index contributed by atoms with van der Waals surface area (Å²) in [5, 5.41) is 16.9. The monoisotopic (exact) mass is 220 g/mol. The summed E-state index contributed by atoms with van der Waals surface area (Å²) in [4.78, 5) is 0. The molecule has 0 aliphatic rings. The highest BCUT2D eigenvalue weighted by Crippen LogP contribution is 2.07. The molecule has 14 heavy (non-hydrogen) atoms. The number of nitrogens with zero attached hydrogens (tertiary/aromatic N) is 1. The van der Waals surface area contributed by atoms with E-state index < -0.39 is 20.9 Å². The standard InChI is InChI=1S/C8H16N2O3S/c1-4-8(3,11)6-10-14(12,13)7(2)5-9/h7,10-11H,4,6H2,1-3H3. The molecule has 2 N–H and O–H groups in total. The lowest BCUT2D eigenvalue weighted by atomic mass is 10.1. The van der Waals surface area contributed by atoms with E-state index >= 15 is 0 Å². The summed E-state index contributed by atoms with van der Waals surface area (Å²) in [5.41, 5.74) is -1.07. The number of hydrogen-bond donors (Lipinski definition) is 2. The lowest BCUT2D eigenvalue weighted by molar-refractivity contribution is 0.0613. The molecule has 0 radical (unpaired) electrons. The van der Waals surface area contributed by atoms with Gasteiger partial charge in [-0.05, 0) is 20.3 Å². The molecular weight excluding hydrogens is 204 g/mol. The van der Waals surface area contributed by atoms with E-state index in [2.05, 4.69) is 4.72 Å². The number of aliphatic hydroxyl groups is 1. The van der Waals surface area contributed by atoms with Crippen molar-refractivity contribution in [2.75, 3.05) is 6.54 Å². The first kappa shape index (κ1) is 13.4. The Kier molecular flexibility index (Phi) is 4.52. The fraction of sp³-hybridized carbons (Fsp3) is 0.875. The lowest BCUT2D eigenvalue weighted by Gasteiger charge is -2.21. The van der Waals surface area contributed by atoms with Crippen molar-refractivity contribution in [2.45, 2.75) is 38.0 Å². The second-order valence-electron chi connectivity index (χ2n) is 3.49. The molecule has 0 spiro atoms. The smallest absolute Gasteiger partial charge is 0.227 e. The van der Waals surface area contributed by atoms with E-state index in [4.69, 9.17) is 5.26 Å². The van der Waals surface area contributed by atoms with Gasteiger partial charge in [0, 0.05) is 6.54 Å². The summed E-state index contributed by atoms with van der Waals surface area (Å²) >= 11 is 0. The summed E-state index contributed by atoms with van der Waals surface area (Å²) in [6.07, 6.45) is 0.441. The van der Waals surface area contributed by atoms with Gasteiger partial charge in [0.1, 0.15) is 0 Å². The third kappa shape index (κ3) is 4.05. The van der Waals surface area contributed by atoms with Crippen LogP contribution in [-0.4, -0.2) is 30.9 Å². The van der Waals surface area contributed by atoms with Crippen molar-refractivity contribution in [3.8, 4) is 6.07 Å². The summed E-state index contributed by atoms with van der Waals surface area (Å²) in [6.45, 7) is 4.51. The van der Waals surface area contributed by atoms with Gasteiger partial charge in [0.25, 0.3) is 0 Å². The zero-order valence-corrected chi connectivity index (χ0v) is 9.43. The Hall–Kier alpha value is -0.640. The Morgan fingerprint density at radius 1 is 1.64 bits per heavy atom. The van der Waals surface area contributed by atoms with E-state index in [1.165, 1.54) is 13.8 Å². The minimum Gasteiger partial charge on any atom is -0.389 e. The van der Waals surface area contributed by atoms with Crippen molar-refractivity contribution in [3.05, 3.63) is 0 Å². The molecule has 6 heteroatoms. The molecule has 0 saturated carbocycles. The Bertz CT molecular complexity index is 316. The van der Waals surface area contributed by atoms with Gasteiger partial charge in [-0.25, -0.2) is 13.1 Å². The zero-order chi connectivity index (χ0) is 11.4. The average Bonchev–Trinajstić information content (AvgIpc) is 2.14. The van der Waals surface area contributed by atoms with Gasteiger partial charge in [0.2, 0.25) is 10.0 Å². The molecule has 82 valence electrons. The van der Waals surface area contributed by atoms with Gasteiger partial charge in [0.15, 0.2) is 5.25 Å². The van der Waals surface area contributed by atoms with Crippen LogP contribution in [0, 0.1) is 11.3 Å². The van der Waals surface area contributed by atoms with Crippen molar-refractivity contribution >= 4 is 10.0 Å². The van der Waals surface area contributed by atoms with Crippen LogP contribution in [0.3, 0.4) is 0 Å². The van der Waals surface area contributed by atoms with E-state index in [9.17, 15) is 13.5 Å². The minimum absolute atomic E-state index is 0.0716. The van der Waals surface area contributed by atoms with Crippen molar-refractivity contribution in [2.24, 2.45) is 0 Å². The molecule has 0 heterocycles. The topological polar surface area (TPSA) is 90.2 Å². The first-order chi connectivity index (χ1) is 6.25. The van der Waals surface area contributed by atoms with Gasteiger partial charge in [-0.3, -0.25) is 0 Å². The molecule has 0 aliphatic carbocycles. The van der Waals surface area contributed by atoms with Crippen molar-refractivity contribution in [1.29, 1.82) is 5.26 Å². The maximum Gasteiger partial charge on any atom is 0.227 e. The third-order valence-corrected chi connectivity index (χ3v) is 3.65. The number of hydrogen-bond acceptors (Lipinski definition) is 4. The van der Waals surface area contributed by atoms with Crippen LogP contribution in [0.1, 0.15) is 27.2 Å². The van der Waals surface area contributed by atoms with Gasteiger partial charge in [-0.1, -0.05) is 6.92 Å². The third-order valence-electron chi connectivity index (χ3n) is 2.06. The van der Waals surface area contributed by atoms with Crippen LogP contribution in [0.5, 0.6) is 0 Å². The Labute approximate surface area is 84.8 Å². The van der Waals surface area contributed by atoms with E-state index in [1.54, 1.807) is 13.0 Å². The van der Waals surface area contributed by atoms with Gasteiger partial charge >= 0.3 is 0 Å². The normalized spacial score (nSPS) is 18.2. The van der Waals surface area contributed by atoms with Crippen LogP contribution in [0.4, 0.5) is 0 Å². The first-order valence-electron chi connectivity index (χ1n) is 4.35. The summed E-state index contributed by atoms with van der Waals surface area (Å²) < 4.78 is 24.8. The molecule has 2 unspecified atom stereocenters. The van der Waals surface area contributed by atoms with Gasteiger partial charge < -0.3 is 5.11 Å². The minimum atomic E-state index is -3.62. The number of nitriles is 1. The van der Waals surface area contributed by atoms with E-state index in [0.717, 1.165) is 0 Å². The average molecular weight is 220 g/mol. The number of nitrogens with one attached hydrogen (secondary N) is 1. The van der Waals surface area contributed by atoms with Crippen LogP contribution in [-0.2, 0) is 10.0 Å². The van der Waals surface area contributed by atoms with Gasteiger partial charge in [-0.2, -0.15) is 5.26 Å². The van der Waals surface area contributed by atoms with Crippen molar-refractivity contribution in [1.82, 2.24) is 4.72 Å². The molecule has 2 atom stereocenters. The summed E-state index contributed by atoms with van der Waals surface area (Å²) in [7, 11) is -3.62. The Balaban J connectivity index is 4.36. The maximum atomic E-state index is 11.3. The molecule has 0 aromatic carbocycles. The zero-order valence-electron chi connectivity index (χ0n) is 8.61. The van der Waals surface area contributed by atoms with E-state index in [-0.39, 0.29) is 6.54 Å². The summed E-state index contributed by atoms with van der Waals surface area (Å²) in [5.74, 6) is 0. The van der Waals surface area contributed by atoms with Crippen LogP contribution in [0.25, 0.3) is 0 Å². The quantitative estimate of drug-likeness (QED) is 0.681. The largest absolute Gasteiger partial charge is 0.389 e. The highest BCUT2D eigenvalue weighted by Gasteiger charge is 2.24. The van der Waals surface area contributed by atoms with Crippen LogP contribution >= 0.6 is 0 Å². The molecule has 0 aromatic rings. The van der Waals surface area contributed by atoms with E-state index in [1.807, 2.05) is 0 Å². The fourth-order valence-corrected chi connectivity index (χ4v) is 1.48. The first-order valence-corrected chi connectivity index (χ1v) is 5.90. The SMILES string of the molecule is CCC(C)(O)CNS(=O)(=O)C(C)C#N. The van der Waals surface area contributed by atoms with Crippen LogP contribution in [0.15, 0.2) is 0 Å². The second kappa shape index (κ2) is 4.73. The van der Waals surface area contributed by atoms with Crippen molar-refractivity contribution in [3.63, 3.8) is 0 Å². The highest BCUT2D eigenvalue weighted by molar-refractivity contribution is 7.90. The number of rotatable bonds is 5. The van der Waals surface area contributed by atoms with Crippen molar-refractivity contribution < 1.29 is 13.5 Å². The lowest BCUT2D eigenvalue weighted by Crippen LogP contribution is -2.42.